The molecule has 0 fully saturated rings. The predicted octanol–water partition coefficient (Wildman–Crippen LogP) is 2.33. The summed E-state index contributed by atoms with van der Waals surface area (Å²) in [7, 11) is 0. The van der Waals surface area contributed by atoms with Crippen molar-refractivity contribution in [2.45, 2.75) is 20.4 Å². The van der Waals surface area contributed by atoms with Crippen LogP contribution in [0.1, 0.15) is 16.7 Å². The molecule has 0 radical (unpaired) electrons. The molecule has 2 heteroatoms. The van der Waals surface area contributed by atoms with E-state index in [0.717, 1.165) is 22.4 Å². The summed E-state index contributed by atoms with van der Waals surface area (Å²) < 4.78 is 5.56. The summed E-state index contributed by atoms with van der Waals surface area (Å²) in [5.41, 5.74) is 8.99. The smallest absolute Gasteiger partial charge is 0.125 e. The summed E-state index contributed by atoms with van der Waals surface area (Å²) in [5.74, 6) is 0.946. The van der Waals surface area contributed by atoms with Gasteiger partial charge in [-0.1, -0.05) is 24.8 Å². The van der Waals surface area contributed by atoms with Crippen LogP contribution < -0.4 is 10.5 Å². The number of hydrogen-bond donors (Lipinski definition) is 1. The lowest BCUT2D eigenvalue weighted by Gasteiger charge is -2.12. The van der Waals surface area contributed by atoms with E-state index in [9.17, 15) is 0 Å². The van der Waals surface area contributed by atoms with Crippen LogP contribution in [0.15, 0.2) is 24.8 Å². The van der Waals surface area contributed by atoms with Crippen molar-refractivity contribution >= 4 is 0 Å². The van der Waals surface area contributed by atoms with Crippen LogP contribution in [0, 0.1) is 13.8 Å². The molecule has 2 N–H and O–H groups in total. The summed E-state index contributed by atoms with van der Waals surface area (Å²) in [5, 5.41) is 0. The first-order valence-electron chi connectivity index (χ1n) is 4.73. The van der Waals surface area contributed by atoms with E-state index in [1.54, 1.807) is 6.08 Å². The molecule has 0 aliphatic carbocycles. The Labute approximate surface area is 85.4 Å². The number of nitrogens with two attached hydrogens (primary N) is 1. The average Bonchev–Trinajstić information content (AvgIpc) is 2.16. The standard InChI is InChI=1S/C12H17NO/c1-4-5-14-12-9(2)6-11(8-13)7-10(12)3/h4,6-7H,1,5,8,13H2,2-3H3. The van der Waals surface area contributed by atoms with Crippen LogP contribution in [0.4, 0.5) is 0 Å². The van der Waals surface area contributed by atoms with Crippen LogP contribution in [-0.4, -0.2) is 6.61 Å². The molecule has 1 aromatic rings. The molecule has 1 rings (SSSR count). The molecule has 0 atom stereocenters. The second-order valence-electron chi connectivity index (χ2n) is 3.36. The van der Waals surface area contributed by atoms with Crippen molar-refractivity contribution in [3.05, 3.63) is 41.5 Å². The van der Waals surface area contributed by atoms with Crippen molar-refractivity contribution < 1.29 is 4.74 Å². The van der Waals surface area contributed by atoms with E-state index in [1.165, 1.54) is 0 Å². The molecule has 2 nitrogen and oxygen atoms in total. The van der Waals surface area contributed by atoms with Gasteiger partial charge in [0.05, 0.1) is 0 Å². The normalized spacial score (nSPS) is 9.93. The molecule has 0 spiro atoms. The van der Waals surface area contributed by atoms with Crippen molar-refractivity contribution in [3.63, 3.8) is 0 Å². The highest BCUT2D eigenvalue weighted by molar-refractivity contribution is 5.43. The molecule has 0 unspecified atom stereocenters. The summed E-state index contributed by atoms with van der Waals surface area (Å²) >= 11 is 0. The van der Waals surface area contributed by atoms with Gasteiger partial charge in [0.15, 0.2) is 0 Å². The molecule has 0 aliphatic rings. The zero-order valence-corrected chi connectivity index (χ0v) is 8.84. The van der Waals surface area contributed by atoms with Crippen LogP contribution in [0.5, 0.6) is 5.75 Å². The molecule has 0 aromatic heterocycles. The lowest BCUT2D eigenvalue weighted by molar-refractivity contribution is 0.358. The third-order valence-electron chi connectivity index (χ3n) is 2.10. The minimum Gasteiger partial charge on any atom is -0.489 e. The Morgan fingerprint density at radius 3 is 2.36 bits per heavy atom. The van der Waals surface area contributed by atoms with E-state index in [4.69, 9.17) is 10.5 Å². The molecule has 0 bridgehead atoms. The van der Waals surface area contributed by atoms with Gasteiger partial charge >= 0.3 is 0 Å². The molecule has 76 valence electrons. The third kappa shape index (κ3) is 2.36. The molecule has 0 saturated carbocycles. The number of ether oxygens (including phenoxy) is 1. The van der Waals surface area contributed by atoms with Crippen molar-refractivity contribution in [1.82, 2.24) is 0 Å². The van der Waals surface area contributed by atoms with Crippen LogP contribution >= 0.6 is 0 Å². The van der Waals surface area contributed by atoms with Crippen molar-refractivity contribution in [2.75, 3.05) is 6.61 Å². The van der Waals surface area contributed by atoms with E-state index >= 15 is 0 Å². The summed E-state index contributed by atoms with van der Waals surface area (Å²) in [6.45, 7) is 8.81. The van der Waals surface area contributed by atoms with E-state index in [0.29, 0.717) is 13.2 Å². The van der Waals surface area contributed by atoms with Crippen molar-refractivity contribution in [3.8, 4) is 5.75 Å². The maximum Gasteiger partial charge on any atom is 0.125 e. The van der Waals surface area contributed by atoms with E-state index in [2.05, 4.69) is 18.7 Å². The van der Waals surface area contributed by atoms with Crippen molar-refractivity contribution in [2.24, 2.45) is 5.73 Å². The van der Waals surface area contributed by atoms with Crippen LogP contribution in [-0.2, 0) is 6.54 Å². The molecular formula is C12H17NO. The maximum absolute atomic E-state index is 5.58. The predicted molar refractivity (Wildman–Crippen MR) is 59.5 cm³/mol. The van der Waals surface area contributed by atoms with Gasteiger partial charge in [0.1, 0.15) is 12.4 Å². The first-order chi connectivity index (χ1) is 6.69. The van der Waals surface area contributed by atoms with Crippen LogP contribution in [0.3, 0.4) is 0 Å². The quantitative estimate of drug-likeness (QED) is 0.741. The minimum absolute atomic E-state index is 0.545. The highest BCUT2D eigenvalue weighted by Gasteiger charge is 2.04. The van der Waals surface area contributed by atoms with Gasteiger partial charge in [0, 0.05) is 6.54 Å². The second kappa shape index (κ2) is 4.82. The zero-order chi connectivity index (χ0) is 10.6. The van der Waals surface area contributed by atoms with Gasteiger partial charge in [0.25, 0.3) is 0 Å². The number of aryl methyl sites for hydroxylation is 2. The molecule has 0 saturated heterocycles. The van der Waals surface area contributed by atoms with Gasteiger partial charge in [0.2, 0.25) is 0 Å². The Hall–Kier alpha value is -1.28. The first kappa shape index (κ1) is 10.8. The fraction of sp³-hybridized carbons (Fsp3) is 0.333. The fourth-order valence-corrected chi connectivity index (χ4v) is 1.53. The number of benzene rings is 1. The van der Waals surface area contributed by atoms with Gasteiger partial charge in [-0.3, -0.25) is 0 Å². The molecule has 0 aliphatic heterocycles. The van der Waals surface area contributed by atoms with E-state index in [1.807, 2.05) is 13.8 Å². The Balaban J connectivity index is 2.98. The Morgan fingerprint density at radius 2 is 1.93 bits per heavy atom. The first-order valence-corrected chi connectivity index (χ1v) is 4.73. The maximum atomic E-state index is 5.58. The average molecular weight is 191 g/mol. The topological polar surface area (TPSA) is 35.2 Å². The zero-order valence-electron chi connectivity index (χ0n) is 8.84. The summed E-state index contributed by atoms with van der Waals surface area (Å²) in [6, 6.07) is 4.12. The highest BCUT2D eigenvalue weighted by atomic mass is 16.5. The summed E-state index contributed by atoms with van der Waals surface area (Å²) in [4.78, 5) is 0. The third-order valence-corrected chi connectivity index (χ3v) is 2.10. The number of hydrogen-bond acceptors (Lipinski definition) is 2. The lowest BCUT2D eigenvalue weighted by atomic mass is 10.1. The van der Waals surface area contributed by atoms with E-state index in [-0.39, 0.29) is 0 Å². The van der Waals surface area contributed by atoms with Gasteiger partial charge in [-0.15, -0.1) is 0 Å². The Morgan fingerprint density at radius 1 is 1.36 bits per heavy atom. The monoisotopic (exact) mass is 191 g/mol. The molecule has 14 heavy (non-hydrogen) atoms. The molecule has 0 heterocycles. The molecular weight excluding hydrogens is 174 g/mol. The van der Waals surface area contributed by atoms with Crippen LogP contribution in [0.25, 0.3) is 0 Å². The highest BCUT2D eigenvalue weighted by Crippen LogP contribution is 2.24. The second-order valence-corrected chi connectivity index (χ2v) is 3.36. The molecule has 0 amide bonds. The fourth-order valence-electron chi connectivity index (χ4n) is 1.53. The lowest BCUT2D eigenvalue weighted by Crippen LogP contribution is -2.01. The van der Waals surface area contributed by atoms with Gasteiger partial charge in [-0.2, -0.15) is 0 Å². The van der Waals surface area contributed by atoms with Crippen molar-refractivity contribution in [1.29, 1.82) is 0 Å². The van der Waals surface area contributed by atoms with Gasteiger partial charge in [-0.25, -0.2) is 0 Å². The minimum atomic E-state index is 0.545. The van der Waals surface area contributed by atoms with Gasteiger partial charge in [-0.05, 0) is 30.5 Å². The Kier molecular flexibility index (Phi) is 3.72. The number of rotatable bonds is 4. The molecule has 1 aromatic carbocycles. The van der Waals surface area contributed by atoms with Gasteiger partial charge < -0.3 is 10.5 Å². The van der Waals surface area contributed by atoms with Crippen LogP contribution in [0.2, 0.25) is 0 Å². The SMILES string of the molecule is C=CCOc1c(C)cc(CN)cc1C. The summed E-state index contributed by atoms with van der Waals surface area (Å²) in [6.07, 6.45) is 1.75. The largest absolute Gasteiger partial charge is 0.489 e. The Bertz CT molecular complexity index is 308. The van der Waals surface area contributed by atoms with E-state index < -0.39 is 0 Å².